The Morgan fingerprint density at radius 1 is 1.52 bits per heavy atom. The Hall–Kier alpha value is -2.85. The molecule has 0 fully saturated rings. The van der Waals surface area contributed by atoms with Crippen LogP contribution in [0.25, 0.3) is 10.9 Å². The van der Waals surface area contributed by atoms with Crippen LogP contribution >= 0.6 is 0 Å². The molecule has 4 N–H and O–H groups in total. The van der Waals surface area contributed by atoms with Crippen molar-refractivity contribution in [1.82, 2.24) is 4.57 Å². The molecule has 21 heavy (non-hydrogen) atoms. The van der Waals surface area contributed by atoms with Gasteiger partial charge in [-0.2, -0.15) is 10.3 Å². The van der Waals surface area contributed by atoms with E-state index in [1.54, 1.807) is 31.2 Å². The third-order valence-corrected chi connectivity index (χ3v) is 3.23. The number of fused-ring (bicyclic) bond motifs is 1. The maximum absolute atomic E-state index is 12.4. The van der Waals surface area contributed by atoms with Crippen LogP contribution < -0.4 is 11.3 Å². The van der Waals surface area contributed by atoms with Crippen LogP contribution in [0.15, 0.2) is 34.1 Å². The minimum Gasteiger partial charge on any atom is -0.507 e. The number of rotatable bonds is 3. The number of para-hydroxylation sites is 1. The molecule has 0 saturated heterocycles. The van der Waals surface area contributed by atoms with E-state index in [0.29, 0.717) is 17.4 Å². The Morgan fingerprint density at radius 3 is 2.81 bits per heavy atom. The van der Waals surface area contributed by atoms with Gasteiger partial charge in [-0.25, -0.2) is 0 Å². The van der Waals surface area contributed by atoms with Crippen molar-refractivity contribution in [3.05, 3.63) is 40.2 Å². The van der Waals surface area contributed by atoms with Gasteiger partial charge in [0.05, 0.1) is 11.1 Å². The van der Waals surface area contributed by atoms with E-state index in [4.69, 9.17) is 11.0 Å². The number of nitrogens with zero attached hydrogens (tertiary/aromatic N) is 3. The summed E-state index contributed by atoms with van der Waals surface area (Å²) in [6.45, 7) is 2.13. The lowest BCUT2D eigenvalue weighted by atomic mass is 10.0. The summed E-state index contributed by atoms with van der Waals surface area (Å²) in [5, 5.41) is 29.2. The van der Waals surface area contributed by atoms with Gasteiger partial charge in [0, 0.05) is 11.9 Å². The number of nitriles is 1. The van der Waals surface area contributed by atoms with E-state index < -0.39 is 17.5 Å². The van der Waals surface area contributed by atoms with Gasteiger partial charge >= 0.3 is 0 Å². The first-order valence-corrected chi connectivity index (χ1v) is 6.27. The Morgan fingerprint density at radius 2 is 2.19 bits per heavy atom. The van der Waals surface area contributed by atoms with Crippen LogP contribution in [0.2, 0.25) is 0 Å². The topological polar surface area (TPSA) is 125 Å². The fourth-order valence-corrected chi connectivity index (χ4v) is 2.24. The fourth-order valence-electron chi connectivity index (χ4n) is 2.24. The van der Waals surface area contributed by atoms with Crippen molar-refractivity contribution in [3.8, 4) is 11.9 Å². The average molecular weight is 286 g/mol. The molecule has 1 atom stereocenters. The molecule has 1 aromatic carbocycles. The first-order chi connectivity index (χ1) is 10.0. The van der Waals surface area contributed by atoms with Gasteiger partial charge < -0.3 is 20.5 Å². The molecular weight excluding hydrogens is 272 g/mol. The van der Waals surface area contributed by atoms with E-state index in [0.717, 1.165) is 0 Å². The molecular formula is C14H14N4O3. The average Bonchev–Trinajstić information content (AvgIpc) is 2.48. The zero-order valence-electron chi connectivity index (χ0n) is 11.3. The van der Waals surface area contributed by atoms with E-state index in [-0.39, 0.29) is 11.3 Å². The number of hydrogen-bond donors (Lipinski definition) is 3. The van der Waals surface area contributed by atoms with Crippen LogP contribution in [0, 0.1) is 11.5 Å². The minimum absolute atomic E-state index is 0.285. The molecule has 7 nitrogen and oxygen atoms in total. The van der Waals surface area contributed by atoms with Crippen LogP contribution in [-0.4, -0.2) is 20.6 Å². The van der Waals surface area contributed by atoms with Gasteiger partial charge in [-0.3, -0.25) is 4.79 Å². The number of nitrogens with two attached hydrogens (primary N) is 1. The van der Waals surface area contributed by atoms with E-state index in [1.807, 2.05) is 0 Å². The predicted octanol–water partition coefficient (Wildman–Crippen LogP) is 0.599. The monoisotopic (exact) mass is 286 g/mol. The summed E-state index contributed by atoms with van der Waals surface area (Å²) in [7, 11) is 0. The van der Waals surface area contributed by atoms with Crippen molar-refractivity contribution in [2.75, 3.05) is 0 Å². The normalized spacial score (nSPS) is 13.1. The summed E-state index contributed by atoms with van der Waals surface area (Å²) < 4.78 is 1.41. The minimum atomic E-state index is -1.64. The molecule has 0 bridgehead atoms. The van der Waals surface area contributed by atoms with Crippen molar-refractivity contribution in [3.63, 3.8) is 0 Å². The van der Waals surface area contributed by atoms with Gasteiger partial charge in [0.15, 0.2) is 0 Å². The van der Waals surface area contributed by atoms with Gasteiger partial charge in [-0.15, -0.1) is 0 Å². The number of aromatic nitrogens is 1. The molecule has 7 heteroatoms. The Kier molecular flexibility index (Phi) is 3.91. The van der Waals surface area contributed by atoms with Crippen LogP contribution in [0.1, 0.15) is 18.6 Å². The number of aliphatic imine (C=N–C) groups is 1. The van der Waals surface area contributed by atoms with E-state index in [2.05, 4.69) is 4.99 Å². The molecule has 0 aliphatic carbocycles. The molecule has 0 amide bonds. The number of hydrogen-bond acceptors (Lipinski definition) is 5. The maximum Gasteiger partial charge on any atom is 0.261 e. The third kappa shape index (κ3) is 2.32. The Bertz CT molecular complexity index is 817. The predicted molar refractivity (Wildman–Crippen MR) is 77.7 cm³/mol. The number of pyridine rings is 1. The lowest BCUT2D eigenvalue weighted by molar-refractivity contribution is 0.238. The van der Waals surface area contributed by atoms with E-state index in [1.165, 1.54) is 10.8 Å². The Labute approximate surface area is 120 Å². The molecule has 0 radical (unpaired) electrons. The smallest absolute Gasteiger partial charge is 0.261 e. The largest absolute Gasteiger partial charge is 0.507 e. The van der Waals surface area contributed by atoms with Gasteiger partial charge in [-0.1, -0.05) is 12.1 Å². The van der Waals surface area contributed by atoms with E-state index in [9.17, 15) is 15.0 Å². The lowest BCUT2D eigenvalue weighted by Gasteiger charge is -2.16. The zero-order valence-corrected chi connectivity index (χ0v) is 11.3. The number of aliphatic hydroxyl groups excluding tert-OH is 1. The molecule has 0 saturated carbocycles. The summed E-state index contributed by atoms with van der Waals surface area (Å²) in [4.78, 5) is 15.6. The van der Waals surface area contributed by atoms with Crippen LogP contribution in [0.3, 0.4) is 0 Å². The Balaban J connectivity index is 2.85. The van der Waals surface area contributed by atoms with Gasteiger partial charge in [0.1, 0.15) is 17.7 Å². The van der Waals surface area contributed by atoms with Crippen molar-refractivity contribution in [2.45, 2.75) is 19.6 Å². The molecule has 0 aliphatic rings. The number of aromatic hydroxyl groups is 1. The highest BCUT2D eigenvalue weighted by molar-refractivity contribution is 5.91. The highest BCUT2D eigenvalue weighted by Crippen LogP contribution is 2.29. The second-order valence-corrected chi connectivity index (χ2v) is 4.37. The summed E-state index contributed by atoms with van der Waals surface area (Å²) in [6.07, 6.45) is -0.204. The number of amidine groups is 1. The highest BCUT2D eigenvalue weighted by Gasteiger charge is 2.24. The summed E-state index contributed by atoms with van der Waals surface area (Å²) >= 11 is 0. The lowest BCUT2D eigenvalue weighted by Crippen LogP contribution is -2.31. The van der Waals surface area contributed by atoms with Crippen LogP contribution in [0.5, 0.6) is 5.75 Å². The molecule has 1 unspecified atom stereocenters. The van der Waals surface area contributed by atoms with Crippen LogP contribution in [-0.2, 0) is 6.54 Å². The first kappa shape index (κ1) is 14.6. The molecule has 2 aromatic rings. The first-order valence-electron chi connectivity index (χ1n) is 6.27. The second-order valence-electron chi connectivity index (χ2n) is 4.37. The zero-order chi connectivity index (χ0) is 15.6. The van der Waals surface area contributed by atoms with E-state index >= 15 is 0 Å². The second kappa shape index (κ2) is 5.64. The van der Waals surface area contributed by atoms with Gasteiger partial charge in [0.2, 0.25) is 6.19 Å². The highest BCUT2D eigenvalue weighted by atomic mass is 16.3. The summed E-state index contributed by atoms with van der Waals surface area (Å²) in [5.74, 6) is -0.799. The maximum atomic E-state index is 12.4. The van der Waals surface area contributed by atoms with Gasteiger partial charge in [-0.05, 0) is 19.1 Å². The van der Waals surface area contributed by atoms with Crippen molar-refractivity contribution < 1.29 is 10.2 Å². The molecule has 108 valence electrons. The number of aryl methyl sites for hydroxylation is 1. The number of aliphatic hydroxyl groups is 1. The van der Waals surface area contributed by atoms with Crippen molar-refractivity contribution >= 4 is 16.7 Å². The SMILES string of the molecule is CCn1c(=O)c(C(O)C(N)=NC#N)c(O)c2ccccc21. The van der Waals surface area contributed by atoms with Crippen molar-refractivity contribution in [1.29, 1.82) is 5.26 Å². The molecule has 2 rings (SSSR count). The molecule has 0 spiro atoms. The fraction of sp³-hybridized carbons (Fsp3) is 0.214. The third-order valence-electron chi connectivity index (χ3n) is 3.23. The standard InChI is InChI=1S/C14H14N4O3/c1-2-18-9-6-4-3-5-8(9)11(19)10(14(18)21)12(20)13(16)17-7-15/h3-6,12,19-20H,2H2,1H3,(H2,16,17). The summed E-state index contributed by atoms with van der Waals surface area (Å²) in [5.41, 5.74) is 5.14. The quantitative estimate of drug-likeness (QED) is 0.433. The van der Waals surface area contributed by atoms with Crippen molar-refractivity contribution in [2.24, 2.45) is 10.7 Å². The van der Waals surface area contributed by atoms with Crippen LogP contribution in [0.4, 0.5) is 0 Å². The molecule has 1 heterocycles. The summed E-state index contributed by atoms with van der Waals surface area (Å²) in [6, 6.07) is 6.78. The molecule has 1 aromatic heterocycles. The molecule has 0 aliphatic heterocycles. The number of benzene rings is 1. The van der Waals surface area contributed by atoms with Gasteiger partial charge in [0.25, 0.3) is 5.56 Å².